The molecule has 6 heterocycles. The molecule has 1 atom stereocenters. The summed E-state index contributed by atoms with van der Waals surface area (Å²) in [4.78, 5) is 75.4. The van der Waals surface area contributed by atoms with E-state index >= 15 is 0 Å². The number of amides is 2. The molecular formula is C40H49N5O9. The van der Waals surface area contributed by atoms with E-state index in [1.807, 2.05) is 19.1 Å². The Morgan fingerprint density at radius 2 is 1.74 bits per heavy atom. The summed E-state index contributed by atoms with van der Waals surface area (Å²) in [5.74, 6) is -1.28. The Labute approximate surface area is 314 Å². The lowest BCUT2D eigenvalue weighted by Gasteiger charge is -2.39. The number of carbonyl (C=O) groups is 4. The van der Waals surface area contributed by atoms with Gasteiger partial charge in [0.1, 0.15) is 24.5 Å². The number of nitrogens with one attached hydrogen (secondary N) is 1. The third-order valence-corrected chi connectivity index (χ3v) is 11.0. The average molecular weight is 744 g/mol. The first-order chi connectivity index (χ1) is 25.8. The van der Waals surface area contributed by atoms with Crippen LogP contribution in [0.3, 0.4) is 0 Å². The van der Waals surface area contributed by atoms with Crippen molar-refractivity contribution in [3.63, 3.8) is 0 Å². The fourth-order valence-corrected chi connectivity index (χ4v) is 8.32. The Morgan fingerprint density at radius 3 is 2.43 bits per heavy atom. The van der Waals surface area contributed by atoms with Gasteiger partial charge in [0.05, 0.1) is 29.0 Å². The number of hydrogen-bond donors (Lipinski definition) is 1. The Kier molecular flexibility index (Phi) is 10.2. The van der Waals surface area contributed by atoms with Crippen LogP contribution in [0.25, 0.3) is 22.3 Å². The number of carbonyl (C=O) groups excluding carboxylic acids is 4. The molecule has 2 aromatic heterocycles. The van der Waals surface area contributed by atoms with Crippen LogP contribution in [0.4, 0.5) is 9.59 Å². The lowest BCUT2D eigenvalue weighted by molar-refractivity contribution is -0.188. The second kappa shape index (κ2) is 14.7. The van der Waals surface area contributed by atoms with Crippen LogP contribution in [-0.4, -0.2) is 87.8 Å². The fourth-order valence-electron chi connectivity index (χ4n) is 8.32. The van der Waals surface area contributed by atoms with E-state index in [-0.39, 0.29) is 42.4 Å². The van der Waals surface area contributed by atoms with E-state index in [2.05, 4.69) is 10.2 Å². The van der Waals surface area contributed by atoms with Gasteiger partial charge in [-0.05, 0) is 102 Å². The molecule has 0 aliphatic carbocycles. The smallest absolute Gasteiger partial charge is 0.415 e. The monoisotopic (exact) mass is 743 g/mol. The standard InChI is InChI=1S/C40H49N5O9/c1-6-26-27-19-25(52-38(50)44-17-13-24(14-18-44)43-15-9-8-10-16-43)11-12-31(27)42-34-28(26)22-45-32(34)20-30-29(35(45)47)23-51-36(48)40(30,7-2)53-33(46)21-41-37(49)54-39(3,4)5/h11-12,19-20,24H,6-10,13-18,21-23H2,1-5H3,(H,41,49). The van der Waals surface area contributed by atoms with Gasteiger partial charge in [-0.15, -0.1) is 0 Å². The molecule has 2 amide bonds. The number of nitrogens with zero attached hydrogens (tertiary/aromatic N) is 4. The molecule has 288 valence electrons. The highest BCUT2D eigenvalue weighted by Gasteiger charge is 2.50. The fraction of sp³-hybridized carbons (Fsp3) is 0.550. The largest absolute Gasteiger partial charge is 0.457 e. The first kappa shape index (κ1) is 37.3. The van der Waals surface area contributed by atoms with Crippen molar-refractivity contribution in [3.05, 3.63) is 56.9 Å². The van der Waals surface area contributed by atoms with Crippen LogP contribution in [0.1, 0.15) is 95.4 Å². The third kappa shape index (κ3) is 7.03. The number of aromatic nitrogens is 2. The molecule has 1 aromatic carbocycles. The second-order valence-corrected chi connectivity index (χ2v) is 15.5. The molecule has 4 aliphatic heterocycles. The molecule has 3 aromatic rings. The second-order valence-electron chi connectivity index (χ2n) is 15.5. The van der Waals surface area contributed by atoms with Crippen molar-refractivity contribution >= 4 is 35.0 Å². The first-order valence-electron chi connectivity index (χ1n) is 19.1. The quantitative estimate of drug-likeness (QED) is 0.197. The van der Waals surface area contributed by atoms with Crippen LogP contribution in [-0.2, 0) is 49.0 Å². The van der Waals surface area contributed by atoms with Crippen molar-refractivity contribution in [1.29, 1.82) is 0 Å². The van der Waals surface area contributed by atoms with E-state index in [1.54, 1.807) is 49.3 Å². The molecule has 0 radical (unpaired) electrons. The molecular weight excluding hydrogens is 694 g/mol. The normalized spacial score (nSPS) is 20.1. The number of likely N-dealkylation sites (tertiary alicyclic amines) is 2. The highest BCUT2D eigenvalue weighted by atomic mass is 16.6. The number of aryl methyl sites for hydroxylation is 1. The van der Waals surface area contributed by atoms with E-state index < -0.39 is 35.8 Å². The molecule has 14 nitrogen and oxygen atoms in total. The maximum atomic E-state index is 14.1. The van der Waals surface area contributed by atoms with Gasteiger partial charge in [0.2, 0.25) is 5.60 Å². The van der Waals surface area contributed by atoms with Crippen LogP contribution in [0.15, 0.2) is 29.1 Å². The summed E-state index contributed by atoms with van der Waals surface area (Å²) >= 11 is 0. The topological polar surface area (TPSA) is 159 Å². The third-order valence-electron chi connectivity index (χ3n) is 11.0. The van der Waals surface area contributed by atoms with Gasteiger partial charge >= 0.3 is 24.1 Å². The van der Waals surface area contributed by atoms with Crippen molar-refractivity contribution in [1.82, 2.24) is 24.7 Å². The summed E-state index contributed by atoms with van der Waals surface area (Å²) in [6, 6.07) is 7.61. The van der Waals surface area contributed by atoms with E-state index in [0.717, 1.165) is 42.4 Å². The van der Waals surface area contributed by atoms with Crippen LogP contribution in [0, 0.1) is 0 Å². The van der Waals surface area contributed by atoms with Crippen molar-refractivity contribution in [2.45, 2.75) is 110 Å². The van der Waals surface area contributed by atoms with Crippen LogP contribution >= 0.6 is 0 Å². The molecule has 14 heteroatoms. The number of hydrogen-bond acceptors (Lipinski definition) is 11. The molecule has 0 spiro atoms. The predicted octanol–water partition coefficient (Wildman–Crippen LogP) is 5.17. The molecule has 4 aliphatic rings. The summed E-state index contributed by atoms with van der Waals surface area (Å²) < 4.78 is 24.0. The van der Waals surface area contributed by atoms with Gasteiger partial charge in [-0.25, -0.2) is 19.4 Å². The van der Waals surface area contributed by atoms with Gasteiger partial charge in [-0.2, -0.15) is 0 Å². The summed E-state index contributed by atoms with van der Waals surface area (Å²) in [5.41, 5.74) is 0.919. The number of cyclic esters (lactones) is 1. The van der Waals surface area contributed by atoms with Gasteiger partial charge in [-0.1, -0.05) is 20.3 Å². The maximum absolute atomic E-state index is 14.1. The number of esters is 2. The molecule has 2 saturated heterocycles. The molecule has 1 unspecified atom stereocenters. The zero-order valence-electron chi connectivity index (χ0n) is 31.7. The van der Waals surface area contributed by atoms with Crippen molar-refractivity contribution in [2.24, 2.45) is 0 Å². The van der Waals surface area contributed by atoms with Gasteiger partial charge in [-0.3, -0.25) is 9.59 Å². The summed E-state index contributed by atoms with van der Waals surface area (Å²) in [6.07, 6.45) is 5.11. The molecule has 54 heavy (non-hydrogen) atoms. The SMILES string of the molecule is CCc1c2c(nc3ccc(OC(=O)N4CCC(N5CCCCC5)CC4)cc13)-c1cc3c(c(=O)n1C2)COC(=O)C3(CC)OC(=O)CNC(=O)OC(C)(C)C. The van der Waals surface area contributed by atoms with Gasteiger partial charge < -0.3 is 38.6 Å². The number of alkyl carbamates (subject to hydrolysis) is 1. The Bertz CT molecular complexity index is 2060. The lowest BCUT2D eigenvalue weighted by Crippen LogP contribution is -2.49. The minimum absolute atomic E-state index is 0.0178. The Hall–Kier alpha value is -4.98. The van der Waals surface area contributed by atoms with E-state index in [0.29, 0.717) is 48.2 Å². The number of benzene rings is 1. The highest BCUT2D eigenvalue weighted by molar-refractivity contribution is 5.91. The summed E-state index contributed by atoms with van der Waals surface area (Å²) in [5, 5.41) is 3.18. The molecule has 2 fully saturated rings. The average Bonchev–Trinajstić information content (AvgIpc) is 3.52. The molecule has 7 rings (SSSR count). The zero-order chi connectivity index (χ0) is 38.4. The molecule has 0 saturated carbocycles. The number of fused-ring (bicyclic) bond motifs is 5. The van der Waals surface area contributed by atoms with Crippen molar-refractivity contribution < 1.29 is 38.1 Å². The van der Waals surface area contributed by atoms with Crippen molar-refractivity contribution in [2.75, 3.05) is 32.7 Å². The number of pyridine rings is 2. The zero-order valence-corrected chi connectivity index (χ0v) is 31.7. The van der Waals surface area contributed by atoms with Gasteiger partial charge in [0, 0.05) is 35.6 Å². The first-order valence-corrected chi connectivity index (χ1v) is 19.1. The van der Waals surface area contributed by atoms with Gasteiger partial charge in [0.15, 0.2) is 0 Å². The minimum atomic E-state index is -1.91. The van der Waals surface area contributed by atoms with Crippen molar-refractivity contribution in [3.8, 4) is 17.1 Å². The van der Waals surface area contributed by atoms with Crippen LogP contribution in [0.2, 0.25) is 0 Å². The highest BCUT2D eigenvalue weighted by Crippen LogP contribution is 2.42. The van der Waals surface area contributed by atoms with Crippen LogP contribution in [0.5, 0.6) is 5.75 Å². The Morgan fingerprint density at radius 1 is 1.00 bits per heavy atom. The maximum Gasteiger partial charge on any atom is 0.415 e. The number of rotatable bonds is 7. The van der Waals surface area contributed by atoms with E-state index in [9.17, 15) is 24.0 Å². The van der Waals surface area contributed by atoms with Gasteiger partial charge in [0.25, 0.3) is 5.56 Å². The lowest BCUT2D eigenvalue weighted by atomic mass is 9.85. The number of ether oxygens (including phenoxy) is 4. The van der Waals surface area contributed by atoms with Crippen LogP contribution < -0.4 is 15.6 Å². The molecule has 1 N–H and O–H groups in total. The van der Waals surface area contributed by atoms with E-state index in [1.165, 1.54) is 19.3 Å². The molecule has 0 bridgehead atoms. The summed E-state index contributed by atoms with van der Waals surface area (Å²) in [7, 11) is 0. The predicted molar refractivity (Wildman–Crippen MR) is 198 cm³/mol. The minimum Gasteiger partial charge on any atom is -0.457 e. The van der Waals surface area contributed by atoms with E-state index in [4.69, 9.17) is 23.9 Å². The number of piperidine rings is 2. The Balaban J connectivity index is 1.14. The summed E-state index contributed by atoms with van der Waals surface area (Å²) in [6.45, 7) is 11.8.